The second-order valence-corrected chi connectivity index (χ2v) is 4.01. The molecular weight excluding hydrogens is 258 g/mol. The summed E-state index contributed by atoms with van der Waals surface area (Å²) in [5.74, 6) is -0.898. The molecule has 0 saturated carbocycles. The molecular formula is C15H13NO4. The lowest BCUT2D eigenvalue weighted by Crippen LogP contribution is -2.06. The van der Waals surface area contributed by atoms with E-state index in [0.717, 1.165) is 5.56 Å². The number of nitrogens with zero attached hydrogens (tertiary/aromatic N) is 1. The third kappa shape index (κ3) is 3.41. The summed E-state index contributed by atoms with van der Waals surface area (Å²) >= 11 is 0. The molecule has 0 amide bonds. The molecule has 1 aromatic heterocycles. The van der Waals surface area contributed by atoms with Crippen molar-refractivity contribution in [3.05, 3.63) is 65.5 Å². The summed E-state index contributed by atoms with van der Waals surface area (Å²) in [5.41, 5.74) is 1.57. The average Bonchev–Trinajstić information content (AvgIpc) is 2.53. The Labute approximate surface area is 116 Å². The van der Waals surface area contributed by atoms with Crippen LogP contribution in [0.5, 0.6) is 0 Å². The third-order valence-electron chi connectivity index (χ3n) is 2.63. The molecule has 2 aromatic rings. The predicted octanol–water partition coefficient (Wildman–Crippen LogP) is 2.23. The molecule has 0 bridgehead atoms. The largest absolute Gasteiger partial charge is 0.465 e. The minimum Gasteiger partial charge on any atom is -0.465 e. The lowest BCUT2D eigenvalue weighted by Gasteiger charge is -2.05. The molecule has 0 aliphatic rings. The second-order valence-electron chi connectivity index (χ2n) is 4.01. The Balaban J connectivity index is 1.97. The van der Waals surface area contributed by atoms with Crippen LogP contribution in [0.1, 0.15) is 26.3 Å². The summed E-state index contributed by atoms with van der Waals surface area (Å²) in [7, 11) is 1.30. The summed E-state index contributed by atoms with van der Waals surface area (Å²) in [6.45, 7) is 0.158. The van der Waals surface area contributed by atoms with Crippen molar-refractivity contribution in [2.45, 2.75) is 6.61 Å². The summed E-state index contributed by atoms with van der Waals surface area (Å²) < 4.78 is 9.73. The van der Waals surface area contributed by atoms with Gasteiger partial charge in [-0.05, 0) is 30.3 Å². The van der Waals surface area contributed by atoms with E-state index in [1.807, 2.05) is 6.07 Å². The van der Waals surface area contributed by atoms with Crippen LogP contribution >= 0.6 is 0 Å². The highest BCUT2D eigenvalue weighted by molar-refractivity contribution is 5.93. The van der Waals surface area contributed by atoms with Crippen LogP contribution in [0.4, 0.5) is 0 Å². The molecule has 0 radical (unpaired) electrons. The van der Waals surface area contributed by atoms with Gasteiger partial charge in [0.25, 0.3) is 0 Å². The molecule has 0 fully saturated rings. The number of carbonyl (C=O) groups excluding carboxylic acids is 2. The lowest BCUT2D eigenvalue weighted by atomic mass is 10.1. The molecule has 0 aliphatic heterocycles. The summed E-state index contributed by atoms with van der Waals surface area (Å²) in [4.78, 5) is 27.0. The van der Waals surface area contributed by atoms with Gasteiger partial charge in [-0.3, -0.25) is 4.98 Å². The van der Waals surface area contributed by atoms with Gasteiger partial charge >= 0.3 is 11.9 Å². The summed E-state index contributed by atoms with van der Waals surface area (Å²) in [6.07, 6.45) is 3.28. The van der Waals surface area contributed by atoms with Crippen LogP contribution in [0, 0.1) is 0 Å². The van der Waals surface area contributed by atoms with Crippen molar-refractivity contribution in [1.29, 1.82) is 0 Å². The topological polar surface area (TPSA) is 65.5 Å². The van der Waals surface area contributed by atoms with Crippen LogP contribution < -0.4 is 0 Å². The molecule has 0 unspecified atom stereocenters. The van der Waals surface area contributed by atoms with Crippen LogP contribution in [0.15, 0.2) is 48.8 Å². The SMILES string of the molecule is COC(=O)c1ccc(C(=O)OCc2cccnc2)cc1. The Hall–Kier alpha value is -2.69. The average molecular weight is 271 g/mol. The first-order valence-corrected chi connectivity index (χ1v) is 5.95. The van der Waals surface area contributed by atoms with Gasteiger partial charge < -0.3 is 9.47 Å². The number of benzene rings is 1. The summed E-state index contributed by atoms with van der Waals surface area (Å²) in [5, 5.41) is 0. The number of pyridine rings is 1. The van der Waals surface area contributed by atoms with Gasteiger partial charge in [0.15, 0.2) is 0 Å². The molecule has 2 rings (SSSR count). The smallest absolute Gasteiger partial charge is 0.338 e. The number of aromatic nitrogens is 1. The number of esters is 2. The van der Waals surface area contributed by atoms with Gasteiger partial charge in [-0.15, -0.1) is 0 Å². The van der Waals surface area contributed by atoms with E-state index in [2.05, 4.69) is 9.72 Å². The Kier molecular flexibility index (Phi) is 4.44. The Bertz CT molecular complexity index is 593. The fourth-order valence-electron chi connectivity index (χ4n) is 1.58. The quantitative estimate of drug-likeness (QED) is 0.798. The lowest BCUT2D eigenvalue weighted by molar-refractivity contribution is 0.0471. The van der Waals surface area contributed by atoms with Crippen LogP contribution in [0.3, 0.4) is 0 Å². The Morgan fingerprint density at radius 2 is 1.70 bits per heavy atom. The number of methoxy groups -OCH3 is 1. The molecule has 0 saturated heterocycles. The van der Waals surface area contributed by atoms with Gasteiger partial charge in [-0.2, -0.15) is 0 Å². The molecule has 1 aromatic carbocycles. The molecule has 1 heterocycles. The third-order valence-corrected chi connectivity index (χ3v) is 2.63. The van der Waals surface area contributed by atoms with Gasteiger partial charge in [0.1, 0.15) is 6.61 Å². The predicted molar refractivity (Wildman–Crippen MR) is 71.1 cm³/mol. The van der Waals surface area contributed by atoms with E-state index in [1.54, 1.807) is 18.5 Å². The molecule has 102 valence electrons. The standard InChI is InChI=1S/C15H13NO4/c1-19-14(17)12-4-6-13(7-5-12)15(18)20-10-11-3-2-8-16-9-11/h2-9H,10H2,1H3. The van der Waals surface area contributed by atoms with E-state index in [4.69, 9.17) is 4.74 Å². The highest BCUT2D eigenvalue weighted by Crippen LogP contribution is 2.08. The fraction of sp³-hybridized carbons (Fsp3) is 0.133. The van der Waals surface area contributed by atoms with E-state index in [9.17, 15) is 9.59 Å². The zero-order valence-electron chi connectivity index (χ0n) is 10.9. The maximum Gasteiger partial charge on any atom is 0.338 e. The first-order valence-electron chi connectivity index (χ1n) is 5.95. The monoisotopic (exact) mass is 271 g/mol. The normalized spacial score (nSPS) is 9.85. The van der Waals surface area contributed by atoms with Crippen molar-refractivity contribution in [2.75, 3.05) is 7.11 Å². The van der Waals surface area contributed by atoms with Crippen LogP contribution in [-0.4, -0.2) is 24.0 Å². The van der Waals surface area contributed by atoms with Gasteiger partial charge in [0, 0.05) is 18.0 Å². The molecule has 0 aliphatic carbocycles. The maximum absolute atomic E-state index is 11.8. The number of ether oxygens (including phenoxy) is 2. The molecule has 0 atom stereocenters. The highest BCUT2D eigenvalue weighted by atomic mass is 16.5. The molecule has 5 nitrogen and oxygen atoms in total. The van der Waals surface area contributed by atoms with E-state index in [1.165, 1.54) is 31.4 Å². The van der Waals surface area contributed by atoms with Gasteiger partial charge in [-0.1, -0.05) is 6.07 Å². The van der Waals surface area contributed by atoms with Crippen molar-refractivity contribution in [1.82, 2.24) is 4.98 Å². The van der Waals surface area contributed by atoms with E-state index in [0.29, 0.717) is 11.1 Å². The molecule has 0 spiro atoms. The molecule has 20 heavy (non-hydrogen) atoms. The summed E-state index contributed by atoms with van der Waals surface area (Å²) in [6, 6.07) is 9.68. The fourth-order valence-corrected chi connectivity index (χ4v) is 1.58. The van der Waals surface area contributed by atoms with Crippen molar-refractivity contribution >= 4 is 11.9 Å². The minimum absolute atomic E-state index is 0.158. The molecule has 0 N–H and O–H groups in total. The van der Waals surface area contributed by atoms with Crippen molar-refractivity contribution in [2.24, 2.45) is 0 Å². The first kappa shape index (κ1) is 13.7. The number of rotatable bonds is 4. The Morgan fingerprint density at radius 3 is 2.25 bits per heavy atom. The van der Waals surface area contributed by atoms with E-state index >= 15 is 0 Å². The van der Waals surface area contributed by atoms with Crippen LogP contribution in [0.2, 0.25) is 0 Å². The maximum atomic E-state index is 11.8. The minimum atomic E-state index is -0.453. The van der Waals surface area contributed by atoms with Gasteiger partial charge in [0.2, 0.25) is 0 Å². The Morgan fingerprint density at radius 1 is 1.05 bits per heavy atom. The second kappa shape index (κ2) is 6.47. The number of hydrogen-bond donors (Lipinski definition) is 0. The van der Waals surface area contributed by atoms with E-state index < -0.39 is 11.9 Å². The zero-order chi connectivity index (χ0) is 14.4. The van der Waals surface area contributed by atoms with Gasteiger partial charge in [-0.25, -0.2) is 9.59 Å². The van der Waals surface area contributed by atoms with Crippen molar-refractivity contribution in [3.63, 3.8) is 0 Å². The van der Waals surface area contributed by atoms with Crippen molar-refractivity contribution in [3.8, 4) is 0 Å². The number of carbonyl (C=O) groups is 2. The van der Waals surface area contributed by atoms with Crippen LogP contribution in [-0.2, 0) is 16.1 Å². The first-order chi connectivity index (χ1) is 9.70. The van der Waals surface area contributed by atoms with E-state index in [-0.39, 0.29) is 6.61 Å². The molecule has 5 heteroatoms. The van der Waals surface area contributed by atoms with Crippen LogP contribution in [0.25, 0.3) is 0 Å². The zero-order valence-corrected chi connectivity index (χ0v) is 10.9. The number of hydrogen-bond acceptors (Lipinski definition) is 5. The van der Waals surface area contributed by atoms with Gasteiger partial charge in [0.05, 0.1) is 18.2 Å². The highest BCUT2D eigenvalue weighted by Gasteiger charge is 2.10. The van der Waals surface area contributed by atoms with Crippen molar-refractivity contribution < 1.29 is 19.1 Å².